The normalized spacial score (nSPS) is 17.2. The van der Waals surface area contributed by atoms with Crippen LogP contribution in [0.1, 0.15) is 16.1 Å². The lowest BCUT2D eigenvalue weighted by Crippen LogP contribution is -2.38. The molecule has 0 bridgehead atoms. The molecular weight excluding hydrogens is 312 g/mol. The maximum atomic E-state index is 12.7. The summed E-state index contributed by atoms with van der Waals surface area (Å²) < 4.78 is 12.4. The zero-order valence-electron chi connectivity index (χ0n) is 12.6. The maximum absolute atomic E-state index is 12.7. The molecule has 9 nitrogen and oxygen atoms in total. The SMILES string of the molecule is O=C(c1cnoc1)N1Cc2ccnn2CC(Oc2ncccn2)C1. The van der Waals surface area contributed by atoms with Crippen LogP contribution < -0.4 is 4.74 Å². The van der Waals surface area contributed by atoms with Crippen molar-refractivity contribution in [2.45, 2.75) is 19.2 Å². The molecule has 1 aliphatic rings. The van der Waals surface area contributed by atoms with Crippen LogP contribution in [0.25, 0.3) is 0 Å². The maximum Gasteiger partial charge on any atom is 0.316 e. The Kier molecular flexibility index (Phi) is 3.66. The monoisotopic (exact) mass is 326 g/mol. The van der Waals surface area contributed by atoms with Crippen molar-refractivity contribution in [2.75, 3.05) is 6.54 Å². The minimum atomic E-state index is -0.322. The highest BCUT2D eigenvalue weighted by molar-refractivity contribution is 5.93. The smallest absolute Gasteiger partial charge is 0.316 e. The number of rotatable bonds is 3. The molecule has 0 radical (unpaired) electrons. The summed E-state index contributed by atoms with van der Waals surface area (Å²) in [6.07, 6.45) is 7.34. The molecule has 4 heterocycles. The molecule has 0 saturated heterocycles. The van der Waals surface area contributed by atoms with Gasteiger partial charge in [-0.2, -0.15) is 5.10 Å². The first kappa shape index (κ1) is 14.4. The molecule has 0 saturated carbocycles. The molecule has 24 heavy (non-hydrogen) atoms. The van der Waals surface area contributed by atoms with Crippen molar-refractivity contribution in [1.82, 2.24) is 29.8 Å². The molecule has 0 N–H and O–H groups in total. The van der Waals surface area contributed by atoms with Crippen LogP contribution in [0.3, 0.4) is 0 Å². The number of hydrogen-bond acceptors (Lipinski definition) is 7. The van der Waals surface area contributed by atoms with Gasteiger partial charge in [-0.3, -0.25) is 9.48 Å². The largest absolute Gasteiger partial charge is 0.456 e. The number of ether oxygens (including phenoxy) is 1. The van der Waals surface area contributed by atoms with E-state index in [0.717, 1.165) is 5.69 Å². The van der Waals surface area contributed by atoms with Crippen molar-refractivity contribution in [3.8, 4) is 6.01 Å². The molecule has 0 fully saturated rings. The zero-order valence-corrected chi connectivity index (χ0v) is 12.6. The summed E-state index contributed by atoms with van der Waals surface area (Å²) in [6.45, 7) is 1.32. The fourth-order valence-corrected chi connectivity index (χ4v) is 2.63. The lowest BCUT2D eigenvalue weighted by atomic mass is 10.2. The van der Waals surface area contributed by atoms with Crippen LogP contribution in [0.4, 0.5) is 0 Å². The van der Waals surface area contributed by atoms with Gasteiger partial charge in [-0.15, -0.1) is 0 Å². The number of carbonyl (C=O) groups is 1. The molecule has 3 aromatic heterocycles. The van der Waals surface area contributed by atoms with Crippen molar-refractivity contribution in [2.24, 2.45) is 0 Å². The summed E-state index contributed by atoms with van der Waals surface area (Å²) in [6, 6.07) is 3.87. The van der Waals surface area contributed by atoms with Crippen LogP contribution in [0.5, 0.6) is 6.01 Å². The molecule has 0 spiro atoms. The van der Waals surface area contributed by atoms with Crippen LogP contribution in [-0.2, 0) is 13.1 Å². The first-order valence-electron chi connectivity index (χ1n) is 7.42. The van der Waals surface area contributed by atoms with Gasteiger partial charge in [0.25, 0.3) is 5.91 Å². The van der Waals surface area contributed by atoms with Crippen molar-refractivity contribution in [3.05, 3.63) is 54.4 Å². The molecule has 1 aliphatic heterocycles. The highest BCUT2D eigenvalue weighted by Crippen LogP contribution is 2.17. The third-order valence-electron chi connectivity index (χ3n) is 3.74. The van der Waals surface area contributed by atoms with Crippen LogP contribution >= 0.6 is 0 Å². The molecule has 0 aliphatic carbocycles. The van der Waals surface area contributed by atoms with Gasteiger partial charge in [0.2, 0.25) is 0 Å². The molecule has 0 aromatic carbocycles. The van der Waals surface area contributed by atoms with E-state index >= 15 is 0 Å². The van der Waals surface area contributed by atoms with Crippen LogP contribution in [-0.4, -0.2) is 48.4 Å². The average molecular weight is 326 g/mol. The van der Waals surface area contributed by atoms with Gasteiger partial charge < -0.3 is 14.2 Å². The van der Waals surface area contributed by atoms with E-state index in [1.165, 1.54) is 12.5 Å². The Hall–Kier alpha value is -3.23. The van der Waals surface area contributed by atoms with Gasteiger partial charge in [-0.1, -0.05) is 5.16 Å². The zero-order chi connectivity index (χ0) is 16.4. The quantitative estimate of drug-likeness (QED) is 0.700. The van der Waals surface area contributed by atoms with Crippen molar-refractivity contribution < 1.29 is 14.1 Å². The molecular formula is C15H14N6O3. The van der Waals surface area contributed by atoms with E-state index in [-0.39, 0.29) is 18.0 Å². The molecule has 4 rings (SSSR count). The number of fused-ring (bicyclic) bond motifs is 1. The Morgan fingerprint density at radius 1 is 1.25 bits per heavy atom. The van der Waals surface area contributed by atoms with E-state index in [2.05, 4.69) is 20.2 Å². The number of amides is 1. The molecule has 1 atom stereocenters. The Balaban J connectivity index is 1.60. The number of carbonyl (C=O) groups excluding carboxylic acids is 1. The third-order valence-corrected chi connectivity index (χ3v) is 3.74. The molecule has 122 valence electrons. The molecule has 3 aromatic rings. The van der Waals surface area contributed by atoms with E-state index in [9.17, 15) is 4.79 Å². The van der Waals surface area contributed by atoms with Gasteiger partial charge in [0.15, 0.2) is 0 Å². The van der Waals surface area contributed by atoms with E-state index in [4.69, 9.17) is 9.26 Å². The van der Waals surface area contributed by atoms with Gasteiger partial charge in [0.1, 0.15) is 12.4 Å². The standard InChI is InChI=1S/C15H14N6O3/c22-14(11-6-19-23-10-11)20-7-12-2-5-18-21(12)9-13(8-20)24-15-16-3-1-4-17-15/h1-6,10,13H,7-9H2. The van der Waals surface area contributed by atoms with Crippen molar-refractivity contribution >= 4 is 5.91 Å². The minimum absolute atomic E-state index is 0.173. The second kappa shape index (κ2) is 6.11. The van der Waals surface area contributed by atoms with Gasteiger partial charge in [0.05, 0.1) is 37.1 Å². The molecule has 1 amide bonds. The summed E-state index contributed by atoms with van der Waals surface area (Å²) >= 11 is 0. The third kappa shape index (κ3) is 2.83. The highest BCUT2D eigenvalue weighted by atomic mass is 16.5. The van der Waals surface area contributed by atoms with Gasteiger partial charge in [-0.25, -0.2) is 9.97 Å². The number of hydrogen-bond donors (Lipinski definition) is 0. The van der Waals surface area contributed by atoms with E-state index in [0.29, 0.717) is 25.2 Å². The second-order valence-corrected chi connectivity index (χ2v) is 5.37. The lowest BCUT2D eigenvalue weighted by Gasteiger charge is -2.23. The average Bonchev–Trinajstić information content (AvgIpc) is 3.24. The Morgan fingerprint density at radius 3 is 2.92 bits per heavy atom. The minimum Gasteiger partial charge on any atom is -0.456 e. The Morgan fingerprint density at radius 2 is 2.12 bits per heavy atom. The second-order valence-electron chi connectivity index (χ2n) is 5.37. The first-order chi connectivity index (χ1) is 11.8. The van der Waals surface area contributed by atoms with Crippen LogP contribution in [0, 0.1) is 0 Å². The Bertz CT molecular complexity index is 817. The van der Waals surface area contributed by atoms with E-state index in [1.807, 2.05) is 10.7 Å². The lowest BCUT2D eigenvalue weighted by molar-refractivity contribution is 0.0636. The number of nitrogens with zero attached hydrogens (tertiary/aromatic N) is 6. The van der Waals surface area contributed by atoms with Gasteiger partial charge in [0, 0.05) is 18.6 Å². The van der Waals surface area contributed by atoms with Gasteiger partial charge >= 0.3 is 6.01 Å². The van der Waals surface area contributed by atoms with Crippen LogP contribution in [0.2, 0.25) is 0 Å². The van der Waals surface area contributed by atoms with Gasteiger partial charge in [-0.05, 0) is 12.1 Å². The summed E-state index contributed by atoms with van der Waals surface area (Å²) in [7, 11) is 0. The highest BCUT2D eigenvalue weighted by Gasteiger charge is 2.28. The summed E-state index contributed by atoms with van der Waals surface area (Å²) in [5.41, 5.74) is 1.33. The molecule has 1 unspecified atom stereocenters. The summed E-state index contributed by atoms with van der Waals surface area (Å²) in [5, 5.41) is 7.88. The van der Waals surface area contributed by atoms with E-state index < -0.39 is 0 Å². The fraction of sp³-hybridized carbons (Fsp3) is 0.267. The Labute approximate surface area is 136 Å². The van der Waals surface area contributed by atoms with Crippen molar-refractivity contribution in [3.63, 3.8) is 0 Å². The number of aromatic nitrogens is 5. The predicted molar refractivity (Wildman–Crippen MR) is 79.9 cm³/mol. The topological polar surface area (TPSA) is 99.2 Å². The van der Waals surface area contributed by atoms with Crippen LogP contribution in [0.15, 0.2) is 47.7 Å². The molecule has 9 heteroatoms. The fourth-order valence-electron chi connectivity index (χ4n) is 2.63. The first-order valence-corrected chi connectivity index (χ1v) is 7.42. The van der Waals surface area contributed by atoms with Crippen molar-refractivity contribution in [1.29, 1.82) is 0 Å². The summed E-state index contributed by atoms with van der Waals surface area (Å²) in [4.78, 5) is 22.5. The summed E-state index contributed by atoms with van der Waals surface area (Å²) in [5.74, 6) is -0.173. The van der Waals surface area contributed by atoms with E-state index in [1.54, 1.807) is 29.6 Å². The predicted octanol–water partition coefficient (Wildman–Crippen LogP) is 0.765.